The van der Waals surface area contributed by atoms with Crippen LogP contribution in [0.4, 0.5) is 11.5 Å². The first-order valence-corrected chi connectivity index (χ1v) is 7.33. The molecule has 1 aromatic carbocycles. The first-order valence-electron chi connectivity index (χ1n) is 5.09. The minimum atomic E-state index is -3.87. The van der Waals surface area contributed by atoms with Gasteiger partial charge in [0, 0.05) is 6.20 Å². The smallest absolute Gasteiger partial charge is 0.264 e. The molecule has 1 aromatic heterocycles. The second-order valence-corrected chi connectivity index (χ2v) is 6.03. The fraction of sp³-hybridized carbons (Fsp3) is 0. The lowest BCUT2D eigenvalue weighted by molar-refractivity contribution is 0.601. The summed E-state index contributed by atoms with van der Waals surface area (Å²) in [6.07, 6.45) is 1.47. The van der Waals surface area contributed by atoms with Crippen molar-refractivity contribution < 1.29 is 8.42 Å². The number of hydrogen-bond donors (Lipinski definition) is 2. The molecule has 0 spiro atoms. The van der Waals surface area contributed by atoms with E-state index in [4.69, 9.17) is 28.9 Å². The first-order chi connectivity index (χ1) is 8.92. The van der Waals surface area contributed by atoms with Crippen LogP contribution in [0.2, 0.25) is 10.0 Å². The maximum absolute atomic E-state index is 12.2. The van der Waals surface area contributed by atoms with Crippen molar-refractivity contribution in [2.75, 3.05) is 10.5 Å². The summed E-state index contributed by atoms with van der Waals surface area (Å²) in [6.45, 7) is 0. The predicted octanol–water partition coefficient (Wildman–Crippen LogP) is 2.77. The predicted molar refractivity (Wildman–Crippen MR) is 75.9 cm³/mol. The van der Waals surface area contributed by atoms with Gasteiger partial charge in [-0.2, -0.15) is 0 Å². The van der Waals surface area contributed by atoms with Gasteiger partial charge in [0.15, 0.2) is 0 Å². The Kier molecular flexibility index (Phi) is 3.84. The van der Waals surface area contributed by atoms with E-state index in [2.05, 4.69) is 9.71 Å². The maximum Gasteiger partial charge on any atom is 0.264 e. The molecule has 0 radical (unpaired) electrons. The van der Waals surface area contributed by atoms with Crippen LogP contribution < -0.4 is 10.5 Å². The Morgan fingerprint density at radius 3 is 2.53 bits per heavy atom. The van der Waals surface area contributed by atoms with Crippen LogP contribution in [-0.4, -0.2) is 13.4 Å². The molecule has 5 nitrogen and oxygen atoms in total. The number of nitrogens with one attached hydrogen (secondary N) is 1. The molecule has 19 heavy (non-hydrogen) atoms. The van der Waals surface area contributed by atoms with E-state index in [-0.39, 0.29) is 26.4 Å². The van der Waals surface area contributed by atoms with E-state index in [9.17, 15) is 8.42 Å². The lowest BCUT2D eigenvalue weighted by Crippen LogP contribution is -2.14. The zero-order chi connectivity index (χ0) is 14.0. The van der Waals surface area contributed by atoms with Gasteiger partial charge in [-0.15, -0.1) is 0 Å². The summed E-state index contributed by atoms with van der Waals surface area (Å²) in [5.41, 5.74) is 5.62. The van der Waals surface area contributed by atoms with Gasteiger partial charge in [0.05, 0.1) is 15.7 Å². The molecular weight excluding hydrogens is 309 g/mol. The van der Waals surface area contributed by atoms with Crippen molar-refractivity contribution in [1.82, 2.24) is 4.98 Å². The van der Waals surface area contributed by atoms with Crippen LogP contribution in [0, 0.1) is 0 Å². The Labute approximate surface area is 120 Å². The van der Waals surface area contributed by atoms with Gasteiger partial charge in [-0.25, -0.2) is 13.4 Å². The minimum absolute atomic E-state index is 0.0206. The quantitative estimate of drug-likeness (QED) is 0.852. The molecule has 0 aliphatic rings. The van der Waals surface area contributed by atoms with Gasteiger partial charge in [-0.1, -0.05) is 29.3 Å². The fourth-order valence-corrected chi connectivity index (χ4v) is 3.15. The van der Waals surface area contributed by atoms with Crippen molar-refractivity contribution in [3.63, 3.8) is 0 Å². The van der Waals surface area contributed by atoms with Crippen molar-refractivity contribution >= 4 is 44.7 Å². The molecule has 0 amide bonds. The minimum Gasteiger partial charge on any atom is -0.396 e. The number of nitrogens with zero attached hydrogens (tertiary/aromatic N) is 1. The lowest BCUT2D eigenvalue weighted by Gasteiger charge is -2.10. The number of halogens is 2. The van der Waals surface area contributed by atoms with Gasteiger partial charge in [-0.05, 0) is 24.3 Å². The normalized spacial score (nSPS) is 11.3. The van der Waals surface area contributed by atoms with Gasteiger partial charge in [0.2, 0.25) is 0 Å². The van der Waals surface area contributed by atoms with Crippen LogP contribution in [0.25, 0.3) is 0 Å². The number of pyridine rings is 1. The molecule has 2 rings (SSSR count). The molecule has 0 saturated heterocycles. The monoisotopic (exact) mass is 317 g/mol. The van der Waals surface area contributed by atoms with E-state index in [0.29, 0.717) is 0 Å². The van der Waals surface area contributed by atoms with Crippen molar-refractivity contribution in [2.24, 2.45) is 0 Å². The third-order valence-corrected chi connectivity index (χ3v) is 4.53. The number of hydrogen-bond acceptors (Lipinski definition) is 4. The van der Waals surface area contributed by atoms with Gasteiger partial charge in [0.25, 0.3) is 10.0 Å². The highest BCUT2D eigenvalue weighted by molar-refractivity contribution is 7.92. The van der Waals surface area contributed by atoms with Crippen molar-refractivity contribution in [1.29, 1.82) is 0 Å². The van der Waals surface area contributed by atoms with Gasteiger partial charge < -0.3 is 5.73 Å². The van der Waals surface area contributed by atoms with E-state index in [1.807, 2.05) is 0 Å². The molecule has 1 heterocycles. The number of aromatic nitrogens is 1. The maximum atomic E-state index is 12.2. The molecule has 0 aliphatic heterocycles. The molecule has 0 aliphatic carbocycles. The number of nitrogens with two attached hydrogens (primary N) is 1. The average molecular weight is 318 g/mol. The molecular formula is C11H9Cl2N3O2S. The Balaban J connectivity index is 2.44. The van der Waals surface area contributed by atoms with E-state index >= 15 is 0 Å². The summed E-state index contributed by atoms with van der Waals surface area (Å²) < 4.78 is 26.6. The molecule has 3 N–H and O–H groups in total. The van der Waals surface area contributed by atoms with Crippen LogP contribution in [0.5, 0.6) is 0 Å². The van der Waals surface area contributed by atoms with Crippen LogP contribution in [0.3, 0.4) is 0 Å². The fourth-order valence-electron chi connectivity index (χ4n) is 1.37. The Hall–Kier alpha value is -1.50. The SMILES string of the molecule is Nc1c(Cl)ccc(S(=O)(=O)Nc2ccccn2)c1Cl. The van der Waals surface area contributed by atoms with E-state index in [1.54, 1.807) is 12.1 Å². The van der Waals surface area contributed by atoms with Crippen LogP contribution in [0.15, 0.2) is 41.4 Å². The molecule has 0 unspecified atom stereocenters. The van der Waals surface area contributed by atoms with Gasteiger partial charge >= 0.3 is 0 Å². The van der Waals surface area contributed by atoms with Gasteiger partial charge in [0.1, 0.15) is 10.7 Å². The summed E-state index contributed by atoms with van der Waals surface area (Å²) in [6, 6.07) is 7.50. The molecule has 0 bridgehead atoms. The second kappa shape index (κ2) is 5.24. The highest BCUT2D eigenvalue weighted by atomic mass is 35.5. The second-order valence-electron chi connectivity index (χ2n) is 3.59. The summed E-state index contributed by atoms with van der Waals surface area (Å²) in [7, 11) is -3.87. The topological polar surface area (TPSA) is 85.1 Å². The van der Waals surface area contributed by atoms with Crippen molar-refractivity contribution in [3.05, 3.63) is 46.6 Å². The third kappa shape index (κ3) is 2.91. The standard InChI is InChI=1S/C11H9Cl2N3O2S/c12-7-4-5-8(10(13)11(7)14)19(17,18)16-9-3-1-2-6-15-9/h1-6H,14H2,(H,15,16). The summed E-state index contributed by atoms with van der Waals surface area (Å²) >= 11 is 11.7. The lowest BCUT2D eigenvalue weighted by atomic mass is 10.3. The summed E-state index contributed by atoms with van der Waals surface area (Å²) in [5, 5.41) is 0.0812. The number of sulfonamides is 1. The zero-order valence-electron chi connectivity index (χ0n) is 9.47. The number of rotatable bonds is 3. The largest absolute Gasteiger partial charge is 0.396 e. The Bertz CT molecular complexity index is 705. The number of nitrogen functional groups attached to an aromatic ring is 1. The highest BCUT2D eigenvalue weighted by Gasteiger charge is 2.21. The van der Waals surface area contributed by atoms with Crippen molar-refractivity contribution in [3.8, 4) is 0 Å². The van der Waals surface area contributed by atoms with Crippen LogP contribution in [-0.2, 0) is 10.0 Å². The number of benzene rings is 1. The third-order valence-electron chi connectivity index (χ3n) is 2.28. The molecule has 100 valence electrons. The van der Waals surface area contributed by atoms with Gasteiger partial charge in [-0.3, -0.25) is 4.72 Å². The highest BCUT2D eigenvalue weighted by Crippen LogP contribution is 2.33. The van der Waals surface area contributed by atoms with Crippen LogP contribution >= 0.6 is 23.2 Å². The first kappa shape index (κ1) is 13.9. The van der Waals surface area contributed by atoms with Crippen LogP contribution in [0.1, 0.15) is 0 Å². The average Bonchev–Trinajstić information content (AvgIpc) is 2.36. The van der Waals surface area contributed by atoms with E-state index in [1.165, 1.54) is 24.4 Å². The van der Waals surface area contributed by atoms with E-state index < -0.39 is 10.0 Å². The Morgan fingerprint density at radius 2 is 1.89 bits per heavy atom. The number of anilines is 2. The molecule has 2 aromatic rings. The molecule has 8 heteroatoms. The molecule has 0 saturated carbocycles. The summed E-state index contributed by atoms with van der Waals surface area (Å²) in [4.78, 5) is 3.72. The summed E-state index contributed by atoms with van der Waals surface area (Å²) in [5.74, 6) is 0.187. The zero-order valence-corrected chi connectivity index (χ0v) is 11.8. The molecule has 0 fully saturated rings. The van der Waals surface area contributed by atoms with Crippen molar-refractivity contribution in [2.45, 2.75) is 4.90 Å². The Morgan fingerprint density at radius 1 is 1.16 bits per heavy atom. The van der Waals surface area contributed by atoms with E-state index in [0.717, 1.165) is 0 Å². The molecule has 0 atom stereocenters.